The molecular formula is C17H14N2. The molecule has 2 heteroatoms. The zero-order valence-electron chi connectivity index (χ0n) is 10.5. The van der Waals surface area contributed by atoms with E-state index in [9.17, 15) is 0 Å². The van der Waals surface area contributed by atoms with E-state index in [1.165, 1.54) is 26.9 Å². The Morgan fingerprint density at radius 2 is 1.32 bits per heavy atom. The highest BCUT2D eigenvalue weighted by molar-refractivity contribution is 6.18. The van der Waals surface area contributed by atoms with Crippen molar-refractivity contribution in [2.45, 2.75) is 0 Å². The van der Waals surface area contributed by atoms with E-state index in [2.05, 4.69) is 59.6 Å². The summed E-state index contributed by atoms with van der Waals surface area (Å²) in [6, 6.07) is 21.2. The van der Waals surface area contributed by atoms with Gasteiger partial charge in [0.25, 0.3) is 0 Å². The third kappa shape index (κ3) is 1.65. The summed E-state index contributed by atoms with van der Waals surface area (Å²) >= 11 is 0. The van der Waals surface area contributed by atoms with E-state index >= 15 is 0 Å². The molecule has 4 aromatic rings. The standard InChI is InChI=1S/C17H11N.H3N/c1-2-6-14-12(5-1)9-10-13-11-18-16-8-4-3-7-15(16)17(13)14;/h1-11H;1H3. The first-order valence-electron chi connectivity index (χ1n) is 6.09. The van der Waals surface area contributed by atoms with Gasteiger partial charge in [0.2, 0.25) is 0 Å². The Bertz CT molecular complexity index is 811. The molecule has 0 saturated heterocycles. The van der Waals surface area contributed by atoms with Gasteiger partial charge in [0.1, 0.15) is 0 Å². The van der Waals surface area contributed by atoms with E-state index in [0.717, 1.165) is 5.52 Å². The number of fused-ring (bicyclic) bond motifs is 5. The van der Waals surface area contributed by atoms with Crippen LogP contribution in [0.25, 0.3) is 32.4 Å². The van der Waals surface area contributed by atoms with Crippen LogP contribution in [0.2, 0.25) is 0 Å². The van der Waals surface area contributed by atoms with Crippen molar-refractivity contribution < 1.29 is 0 Å². The van der Waals surface area contributed by atoms with Gasteiger partial charge < -0.3 is 6.15 Å². The number of pyridine rings is 1. The predicted octanol–water partition coefficient (Wildman–Crippen LogP) is 4.70. The van der Waals surface area contributed by atoms with Gasteiger partial charge >= 0.3 is 0 Å². The van der Waals surface area contributed by atoms with Gasteiger partial charge in [-0.15, -0.1) is 0 Å². The Hall–Kier alpha value is -2.45. The van der Waals surface area contributed by atoms with Crippen LogP contribution in [-0.4, -0.2) is 4.98 Å². The largest absolute Gasteiger partial charge is 0.344 e. The van der Waals surface area contributed by atoms with Crippen LogP contribution in [0.5, 0.6) is 0 Å². The molecule has 0 amide bonds. The number of nitrogens with zero attached hydrogens (tertiary/aromatic N) is 1. The van der Waals surface area contributed by atoms with Gasteiger partial charge in [-0.1, -0.05) is 54.6 Å². The summed E-state index contributed by atoms with van der Waals surface area (Å²) in [5.41, 5.74) is 1.06. The number of rotatable bonds is 0. The highest BCUT2D eigenvalue weighted by Gasteiger charge is 2.04. The molecular weight excluding hydrogens is 232 g/mol. The second kappa shape index (κ2) is 4.34. The molecule has 3 aromatic carbocycles. The van der Waals surface area contributed by atoms with Gasteiger partial charge in [0.15, 0.2) is 0 Å². The Labute approximate surface area is 111 Å². The maximum absolute atomic E-state index is 4.52. The minimum atomic E-state index is 0. The molecule has 92 valence electrons. The first kappa shape index (κ1) is 11.6. The molecule has 0 saturated carbocycles. The number of aromatic nitrogens is 1. The molecule has 1 aromatic heterocycles. The summed E-state index contributed by atoms with van der Waals surface area (Å²) in [4.78, 5) is 4.52. The lowest BCUT2D eigenvalue weighted by molar-refractivity contribution is 1.45. The molecule has 2 nitrogen and oxygen atoms in total. The van der Waals surface area contributed by atoms with Crippen molar-refractivity contribution in [2.24, 2.45) is 0 Å². The lowest BCUT2D eigenvalue weighted by Gasteiger charge is -2.06. The van der Waals surface area contributed by atoms with Gasteiger partial charge in [-0.2, -0.15) is 0 Å². The zero-order valence-corrected chi connectivity index (χ0v) is 10.5. The summed E-state index contributed by atoms with van der Waals surface area (Å²) in [7, 11) is 0. The van der Waals surface area contributed by atoms with Crippen molar-refractivity contribution >= 4 is 32.4 Å². The second-order valence-electron chi connectivity index (χ2n) is 4.53. The molecule has 1 heterocycles. The summed E-state index contributed by atoms with van der Waals surface area (Å²) in [5, 5.41) is 6.31. The van der Waals surface area contributed by atoms with E-state index < -0.39 is 0 Å². The Morgan fingerprint density at radius 1 is 0.632 bits per heavy atom. The van der Waals surface area contributed by atoms with Crippen LogP contribution in [0.1, 0.15) is 0 Å². The molecule has 4 rings (SSSR count). The van der Waals surface area contributed by atoms with Crippen molar-refractivity contribution in [1.82, 2.24) is 11.1 Å². The van der Waals surface area contributed by atoms with Crippen LogP contribution in [0.15, 0.2) is 66.9 Å². The third-order valence-electron chi connectivity index (χ3n) is 3.48. The van der Waals surface area contributed by atoms with E-state index in [4.69, 9.17) is 0 Å². The Morgan fingerprint density at radius 3 is 2.21 bits per heavy atom. The summed E-state index contributed by atoms with van der Waals surface area (Å²) < 4.78 is 0. The topological polar surface area (TPSA) is 47.9 Å². The molecule has 0 atom stereocenters. The summed E-state index contributed by atoms with van der Waals surface area (Å²) in [6.07, 6.45) is 1.96. The van der Waals surface area contributed by atoms with Crippen molar-refractivity contribution in [3.8, 4) is 0 Å². The molecule has 19 heavy (non-hydrogen) atoms. The monoisotopic (exact) mass is 246 g/mol. The van der Waals surface area contributed by atoms with Gasteiger partial charge in [0, 0.05) is 22.4 Å². The van der Waals surface area contributed by atoms with E-state index in [-0.39, 0.29) is 6.15 Å². The summed E-state index contributed by atoms with van der Waals surface area (Å²) in [5.74, 6) is 0. The van der Waals surface area contributed by atoms with Gasteiger partial charge in [0.05, 0.1) is 5.52 Å². The average Bonchev–Trinajstić information content (AvgIpc) is 2.46. The summed E-state index contributed by atoms with van der Waals surface area (Å²) in [6.45, 7) is 0. The molecule has 3 N–H and O–H groups in total. The minimum absolute atomic E-state index is 0. The third-order valence-corrected chi connectivity index (χ3v) is 3.48. The van der Waals surface area contributed by atoms with Gasteiger partial charge in [-0.25, -0.2) is 0 Å². The number of benzene rings is 3. The van der Waals surface area contributed by atoms with Gasteiger partial charge in [-0.05, 0) is 16.8 Å². The van der Waals surface area contributed by atoms with Gasteiger partial charge in [-0.3, -0.25) is 4.98 Å². The van der Waals surface area contributed by atoms with Crippen molar-refractivity contribution in [3.05, 3.63) is 66.9 Å². The molecule has 0 aliphatic heterocycles. The maximum atomic E-state index is 4.52. The minimum Gasteiger partial charge on any atom is -0.344 e. The molecule has 0 fully saturated rings. The van der Waals surface area contributed by atoms with Crippen molar-refractivity contribution in [1.29, 1.82) is 0 Å². The predicted molar refractivity (Wildman–Crippen MR) is 81.8 cm³/mol. The SMILES string of the molecule is N.c1ccc2c(c1)ccc1cnc3ccccc3c12. The van der Waals surface area contributed by atoms with Crippen LogP contribution in [-0.2, 0) is 0 Å². The maximum Gasteiger partial charge on any atom is 0.0708 e. The molecule has 0 aliphatic carbocycles. The van der Waals surface area contributed by atoms with Crippen molar-refractivity contribution in [3.63, 3.8) is 0 Å². The van der Waals surface area contributed by atoms with Crippen LogP contribution < -0.4 is 6.15 Å². The Kier molecular flexibility index (Phi) is 2.65. The number of hydrogen-bond acceptors (Lipinski definition) is 2. The molecule has 0 radical (unpaired) electrons. The molecule has 0 bridgehead atoms. The van der Waals surface area contributed by atoms with Crippen molar-refractivity contribution in [2.75, 3.05) is 0 Å². The molecule has 0 unspecified atom stereocenters. The fourth-order valence-corrected chi connectivity index (χ4v) is 2.63. The van der Waals surface area contributed by atoms with Crippen LogP contribution >= 0.6 is 0 Å². The lowest BCUT2D eigenvalue weighted by atomic mass is 10.00. The number of para-hydroxylation sites is 1. The van der Waals surface area contributed by atoms with E-state index in [1.807, 2.05) is 12.3 Å². The van der Waals surface area contributed by atoms with E-state index in [1.54, 1.807) is 0 Å². The quantitative estimate of drug-likeness (QED) is 0.457. The van der Waals surface area contributed by atoms with Crippen LogP contribution in [0.4, 0.5) is 0 Å². The zero-order chi connectivity index (χ0) is 11.9. The fraction of sp³-hybridized carbons (Fsp3) is 0. The fourth-order valence-electron chi connectivity index (χ4n) is 2.63. The first-order chi connectivity index (χ1) is 8.93. The average molecular weight is 246 g/mol. The highest BCUT2D eigenvalue weighted by atomic mass is 14.6. The smallest absolute Gasteiger partial charge is 0.0708 e. The first-order valence-corrected chi connectivity index (χ1v) is 6.09. The highest BCUT2D eigenvalue weighted by Crippen LogP contribution is 2.30. The van der Waals surface area contributed by atoms with E-state index in [0.29, 0.717) is 0 Å². The normalized spacial score (nSPS) is 10.7. The van der Waals surface area contributed by atoms with Crippen LogP contribution in [0.3, 0.4) is 0 Å². The Balaban J connectivity index is 0.00000110. The van der Waals surface area contributed by atoms with Crippen LogP contribution in [0, 0.1) is 0 Å². The molecule has 0 spiro atoms. The second-order valence-corrected chi connectivity index (χ2v) is 4.53. The lowest BCUT2D eigenvalue weighted by Crippen LogP contribution is -1.83. The number of hydrogen-bond donors (Lipinski definition) is 1. The molecule has 0 aliphatic rings.